The van der Waals surface area contributed by atoms with E-state index >= 15 is 0 Å². The van der Waals surface area contributed by atoms with E-state index < -0.39 is 0 Å². The Morgan fingerprint density at radius 3 is 1.37 bits per heavy atom. The zero-order chi connectivity index (χ0) is 41.1. The van der Waals surface area contributed by atoms with Gasteiger partial charge in [-0.15, -0.1) is 11.3 Å². The van der Waals surface area contributed by atoms with Crippen LogP contribution in [0.4, 0.5) is 0 Å². The smallest absolute Gasteiger partial charge is 0.119 e. The molecule has 2 N–H and O–H groups in total. The van der Waals surface area contributed by atoms with Crippen LogP contribution in [-0.4, -0.2) is 48.8 Å². The third-order valence-corrected chi connectivity index (χ3v) is 13.2. The number of hydrogen-bond acceptors (Lipinski definition) is 8. The molecule has 0 saturated carbocycles. The largest absolute Gasteiger partial charge is 0.497 e. The van der Waals surface area contributed by atoms with Crippen LogP contribution < -0.4 is 18.9 Å². The van der Waals surface area contributed by atoms with Crippen molar-refractivity contribution >= 4 is 34.8 Å². The Labute approximate surface area is 357 Å². The van der Waals surface area contributed by atoms with E-state index in [1.165, 1.54) is 32.7 Å². The van der Waals surface area contributed by atoms with Gasteiger partial charge in [-0.3, -0.25) is 10.2 Å². The van der Waals surface area contributed by atoms with Gasteiger partial charge in [-0.1, -0.05) is 78.9 Å². The van der Waals surface area contributed by atoms with Crippen LogP contribution in [0.1, 0.15) is 44.8 Å². The van der Waals surface area contributed by atoms with Crippen molar-refractivity contribution < 1.29 is 18.9 Å². The normalized spacial score (nSPS) is 14.3. The number of hydrogen-bond donors (Lipinski definition) is 2. The number of aromatic amines is 2. The molecule has 0 bridgehead atoms. The topological polar surface area (TPSA) is 94.3 Å². The maximum absolute atomic E-state index is 5.53. The minimum absolute atomic E-state index is 0.352. The van der Waals surface area contributed by atoms with Crippen LogP contribution in [0.3, 0.4) is 0 Å². The summed E-state index contributed by atoms with van der Waals surface area (Å²) >= 11 is 3.39. The van der Waals surface area contributed by atoms with Gasteiger partial charge in [0, 0.05) is 57.1 Å². The molecule has 0 unspecified atom stereocenters. The van der Waals surface area contributed by atoms with Crippen molar-refractivity contribution in [1.82, 2.24) is 20.4 Å². The fraction of sp³-hybridized carbons (Fsp3) is 0.160. The van der Waals surface area contributed by atoms with Gasteiger partial charge in [0.15, 0.2) is 0 Å². The van der Waals surface area contributed by atoms with Crippen LogP contribution in [0, 0.1) is 0 Å². The Balaban J connectivity index is 0.000000154. The number of benzene rings is 4. The minimum Gasteiger partial charge on any atom is -0.497 e. The number of thiophene rings is 2. The molecule has 0 spiro atoms. The first kappa shape index (κ1) is 38.9. The molecule has 8 nitrogen and oxygen atoms in total. The van der Waals surface area contributed by atoms with Crippen molar-refractivity contribution in [1.29, 1.82) is 0 Å². The number of methoxy groups -OCH3 is 4. The van der Waals surface area contributed by atoms with Gasteiger partial charge in [0.1, 0.15) is 34.4 Å². The molecule has 10 heteroatoms. The van der Waals surface area contributed by atoms with Crippen LogP contribution >= 0.6 is 22.7 Å². The van der Waals surface area contributed by atoms with Gasteiger partial charge in [0.2, 0.25) is 0 Å². The summed E-state index contributed by atoms with van der Waals surface area (Å²) in [5.41, 5.74) is 11.7. The summed E-state index contributed by atoms with van der Waals surface area (Å²) in [6.45, 7) is 0. The Hall–Kier alpha value is -6.62. The maximum Gasteiger partial charge on any atom is 0.119 e. The monoisotopic (exact) mass is 828 g/mol. The first-order valence-corrected chi connectivity index (χ1v) is 21.5. The van der Waals surface area contributed by atoms with Gasteiger partial charge in [-0.05, 0) is 93.7 Å². The second-order valence-corrected chi connectivity index (χ2v) is 16.5. The van der Waals surface area contributed by atoms with E-state index in [0.29, 0.717) is 0 Å². The number of nitrogens with zero attached hydrogens (tertiary/aromatic N) is 2. The van der Waals surface area contributed by atoms with Crippen LogP contribution in [-0.2, 0) is 23.7 Å². The van der Waals surface area contributed by atoms with Crippen molar-refractivity contribution in [3.8, 4) is 44.8 Å². The van der Waals surface area contributed by atoms with Crippen molar-refractivity contribution in [2.24, 2.45) is 0 Å². The maximum atomic E-state index is 5.53. The fourth-order valence-corrected chi connectivity index (χ4v) is 9.85. The molecule has 60 heavy (non-hydrogen) atoms. The standard InChI is InChI=1S/2C25H22N2O2S/c1-28-19-8-3-6-17(14-19)25(18-7-4-9-20(15-18)29-2)12-11-21-22(16-25)26-27-24(21)23-10-5-13-30-23;1-28-20-7-3-5-18(13-20)25(19-6-4-8-21(14-19)29-2)11-9-22-23(15-25)26-27-24(22)17-10-12-30-16-17/h3-15H,16H2,1-2H3,(H,26,27);3-14,16H,15H2,1-2H3,(H,26,27). The molecule has 8 aromatic rings. The number of aromatic nitrogens is 4. The summed E-state index contributed by atoms with van der Waals surface area (Å²) in [7, 11) is 6.81. The van der Waals surface area contributed by atoms with E-state index in [9.17, 15) is 0 Å². The first-order valence-electron chi connectivity index (χ1n) is 19.6. The first-order chi connectivity index (χ1) is 29.5. The van der Waals surface area contributed by atoms with Crippen molar-refractivity contribution in [3.05, 3.63) is 188 Å². The molecule has 4 aromatic heterocycles. The van der Waals surface area contributed by atoms with Crippen LogP contribution in [0.2, 0.25) is 0 Å². The fourth-order valence-electron chi connectivity index (χ4n) is 8.48. The number of nitrogens with one attached hydrogen (secondary N) is 2. The average Bonchev–Trinajstić information content (AvgIpc) is 4.17. The zero-order valence-electron chi connectivity index (χ0n) is 33.8. The molecule has 0 radical (unpaired) electrons. The lowest BCUT2D eigenvalue weighted by Crippen LogP contribution is -2.30. The van der Waals surface area contributed by atoms with E-state index in [1.807, 2.05) is 48.5 Å². The Morgan fingerprint density at radius 1 is 0.517 bits per heavy atom. The van der Waals surface area contributed by atoms with E-state index in [4.69, 9.17) is 18.9 Å². The van der Waals surface area contributed by atoms with E-state index in [-0.39, 0.29) is 10.8 Å². The summed E-state index contributed by atoms with van der Waals surface area (Å²) in [6, 6.07) is 39.5. The van der Waals surface area contributed by atoms with Gasteiger partial charge in [0.05, 0.1) is 33.3 Å². The summed E-state index contributed by atoms with van der Waals surface area (Å²) in [4.78, 5) is 1.17. The van der Waals surface area contributed by atoms with Crippen molar-refractivity contribution in [2.75, 3.05) is 28.4 Å². The zero-order valence-corrected chi connectivity index (χ0v) is 35.4. The summed E-state index contributed by atoms with van der Waals surface area (Å²) in [5.74, 6) is 3.38. The summed E-state index contributed by atoms with van der Waals surface area (Å²) < 4.78 is 22.1. The second kappa shape index (κ2) is 16.6. The SMILES string of the molecule is COc1cccc(C2(c3cccc(OC)c3)C=Cc3c(-c4cccs4)n[nH]c3C2)c1.COc1cccc(C2(c3cccc(OC)c3)C=Cc3c(-c4ccsc4)n[nH]c3C2)c1. The molecule has 4 aromatic carbocycles. The number of fused-ring (bicyclic) bond motifs is 2. The predicted molar refractivity (Wildman–Crippen MR) is 243 cm³/mol. The van der Waals surface area contributed by atoms with Gasteiger partial charge in [-0.25, -0.2) is 0 Å². The van der Waals surface area contributed by atoms with Crippen molar-refractivity contribution in [3.63, 3.8) is 0 Å². The molecule has 2 aliphatic rings. The molecule has 0 aliphatic heterocycles. The molecule has 4 heterocycles. The van der Waals surface area contributed by atoms with Gasteiger partial charge < -0.3 is 18.9 Å². The third-order valence-electron chi connectivity index (χ3n) is 11.6. The highest BCUT2D eigenvalue weighted by Crippen LogP contribution is 2.46. The molecule has 0 atom stereocenters. The highest BCUT2D eigenvalue weighted by Gasteiger charge is 2.39. The van der Waals surface area contributed by atoms with Crippen molar-refractivity contribution in [2.45, 2.75) is 23.7 Å². The molecular weight excluding hydrogens is 785 g/mol. The second-order valence-electron chi connectivity index (χ2n) is 14.8. The minimum atomic E-state index is -0.353. The van der Waals surface area contributed by atoms with Gasteiger partial charge in [0.25, 0.3) is 0 Å². The molecular formula is C50H44N4O4S2. The third kappa shape index (κ3) is 7.12. The molecule has 0 amide bonds. The lowest BCUT2D eigenvalue weighted by Gasteiger charge is -2.35. The molecule has 0 saturated heterocycles. The van der Waals surface area contributed by atoms with E-state index in [2.05, 4.69) is 128 Å². The average molecular weight is 829 g/mol. The Kier molecular flexibility index (Phi) is 10.7. The number of H-pyrrole nitrogens is 2. The van der Waals surface area contributed by atoms with Gasteiger partial charge >= 0.3 is 0 Å². The van der Waals surface area contributed by atoms with Crippen LogP contribution in [0.5, 0.6) is 23.0 Å². The highest BCUT2D eigenvalue weighted by molar-refractivity contribution is 7.13. The molecule has 300 valence electrons. The molecule has 2 aliphatic carbocycles. The number of allylic oxidation sites excluding steroid dienone is 2. The number of ether oxygens (including phenoxy) is 4. The highest BCUT2D eigenvalue weighted by atomic mass is 32.1. The van der Waals surface area contributed by atoms with Gasteiger partial charge in [-0.2, -0.15) is 21.5 Å². The Morgan fingerprint density at radius 2 is 0.967 bits per heavy atom. The predicted octanol–water partition coefficient (Wildman–Crippen LogP) is 11.4. The molecule has 0 fully saturated rings. The van der Waals surface area contributed by atoms with Crippen LogP contribution in [0.25, 0.3) is 34.0 Å². The van der Waals surface area contributed by atoms with E-state index in [0.717, 1.165) is 69.7 Å². The lowest BCUT2D eigenvalue weighted by molar-refractivity contribution is 0.411. The summed E-state index contributed by atoms with van der Waals surface area (Å²) in [5, 5.41) is 22.2. The quantitative estimate of drug-likeness (QED) is 0.143. The molecule has 10 rings (SSSR count). The van der Waals surface area contributed by atoms with Crippen LogP contribution in [0.15, 0.2) is 144 Å². The van der Waals surface area contributed by atoms with E-state index in [1.54, 1.807) is 51.1 Å². The lowest BCUT2D eigenvalue weighted by atomic mass is 9.68. The number of rotatable bonds is 10. The summed E-state index contributed by atoms with van der Waals surface area (Å²) in [6.07, 6.45) is 10.5. The Bertz CT molecular complexity index is 2510.